The lowest BCUT2D eigenvalue weighted by atomic mass is 10.1. The number of aromatic nitrogens is 4. The number of thiophene rings is 1. The van der Waals surface area contributed by atoms with E-state index in [0.29, 0.717) is 11.5 Å². The van der Waals surface area contributed by atoms with Gasteiger partial charge in [-0.2, -0.15) is 0 Å². The van der Waals surface area contributed by atoms with Crippen LogP contribution < -0.4 is 11.1 Å². The zero-order chi connectivity index (χ0) is 19.7. The second kappa shape index (κ2) is 6.98. The largest absolute Gasteiger partial charge is 0.384 e. The molecule has 0 unspecified atom stereocenters. The average molecular weight is 389 g/mol. The molecule has 7 heteroatoms. The van der Waals surface area contributed by atoms with Crippen molar-refractivity contribution in [3.05, 3.63) is 59.5 Å². The van der Waals surface area contributed by atoms with E-state index in [4.69, 9.17) is 10.7 Å². The predicted molar refractivity (Wildman–Crippen MR) is 114 cm³/mol. The van der Waals surface area contributed by atoms with Crippen LogP contribution >= 0.6 is 11.3 Å². The van der Waals surface area contributed by atoms with Crippen molar-refractivity contribution in [3.8, 4) is 22.4 Å². The van der Waals surface area contributed by atoms with Crippen LogP contribution in [-0.4, -0.2) is 24.9 Å². The van der Waals surface area contributed by atoms with Gasteiger partial charge in [-0.05, 0) is 56.9 Å². The third-order valence-corrected chi connectivity index (χ3v) is 4.85. The first-order valence-electron chi connectivity index (χ1n) is 8.84. The van der Waals surface area contributed by atoms with Crippen molar-refractivity contribution in [1.82, 2.24) is 19.4 Å². The normalized spacial score (nSPS) is 11.2. The lowest BCUT2D eigenvalue weighted by Crippen LogP contribution is -2.27. The maximum absolute atomic E-state index is 5.71. The SMILES string of the molecule is CC(C)(C)Nc1c(-c2ccc(C#Cc3cccc(N)n3)s2)nc2cnccn12. The Balaban J connectivity index is 1.73. The number of hydrogen-bond donors (Lipinski definition) is 2. The third-order valence-electron chi connectivity index (χ3n) is 3.85. The van der Waals surface area contributed by atoms with E-state index in [0.717, 1.165) is 26.9 Å². The molecular formula is C21H20N6S. The molecule has 140 valence electrons. The van der Waals surface area contributed by atoms with Gasteiger partial charge in [-0.25, -0.2) is 9.97 Å². The summed E-state index contributed by atoms with van der Waals surface area (Å²) in [6, 6.07) is 9.49. The highest BCUT2D eigenvalue weighted by molar-refractivity contribution is 7.16. The van der Waals surface area contributed by atoms with E-state index in [2.05, 4.69) is 47.9 Å². The minimum atomic E-state index is -0.104. The minimum absolute atomic E-state index is 0.104. The summed E-state index contributed by atoms with van der Waals surface area (Å²) >= 11 is 1.60. The lowest BCUT2D eigenvalue weighted by Gasteiger charge is -2.22. The van der Waals surface area contributed by atoms with Gasteiger partial charge in [0.05, 0.1) is 16.0 Å². The van der Waals surface area contributed by atoms with Crippen LogP contribution in [0.25, 0.3) is 16.2 Å². The summed E-state index contributed by atoms with van der Waals surface area (Å²) in [5.74, 6) is 7.64. The number of nitrogen functional groups attached to an aromatic ring is 1. The summed E-state index contributed by atoms with van der Waals surface area (Å²) in [5, 5.41) is 3.56. The van der Waals surface area contributed by atoms with Gasteiger partial charge in [-0.3, -0.25) is 9.38 Å². The molecule has 0 amide bonds. The molecule has 4 aromatic rings. The predicted octanol–water partition coefficient (Wildman–Crippen LogP) is 4.05. The molecule has 3 N–H and O–H groups in total. The molecule has 4 heterocycles. The maximum atomic E-state index is 5.71. The van der Waals surface area contributed by atoms with Gasteiger partial charge in [0.25, 0.3) is 0 Å². The van der Waals surface area contributed by atoms with E-state index in [1.165, 1.54) is 0 Å². The molecule has 0 radical (unpaired) electrons. The van der Waals surface area contributed by atoms with Gasteiger partial charge in [0.15, 0.2) is 5.65 Å². The molecule has 0 atom stereocenters. The van der Waals surface area contributed by atoms with Gasteiger partial charge in [-0.1, -0.05) is 6.07 Å². The molecule has 0 saturated heterocycles. The van der Waals surface area contributed by atoms with E-state index >= 15 is 0 Å². The molecule has 28 heavy (non-hydrogen) atoms. The molecule has 4 rings (SSSR count). The lowest BCUT2D eigenvalue weighted by molar-refractivity contribution is 0.629. The van der Waals surface area contributed by atoms with E-state index < -0.39 is 0 Å². The topological polar surface area (TPSA) is 81.1 Å². The Kier molecular flexibility index (Phi) is 4.49. The van der Waals surface area contributed by atoms with Crippen LogP contribution in [0.15, 0.2) is 48.9 Å². The first kappa shape index (κ1) is 18.0. The summed E-state index contributed by atoms with van der Waals surface area (Å²) in [4.78, 5) is 15.2. The number of rotatable bonds is 2. The highest BCUT2D eigenvalue weighted by Gasteiger charge is 2.20. The Morgan fingerprint density at radius 2 is 1.96 bits per heavy atom. The Bertz CT molecular complexity index is 1200. The van der Waals surface area contributed by atoms with Crippen molar-refractivity contribution in [3.63, 3.8) is 0 Å². The fourth-order valence-electron chi connectivity index (χ4n) is 2.73. The Hall–Kier alpha value is -3.37. The van der Waals surface area contributed by atoms with Gasteiger partial charge in [0.1, 0.15) is 23.0 Å². The maximum Gasteiger partial charge on any atom is 0.157 e. The number of imidazole rings is 1. The molecule has 0 spiro atoms. The zero-order valence-corrected chi connectivity index (χ0v) is 16.7. The van der Waals surface area contributed by atoms with Crippen LogP contribution in [0.4, 0.5) is 11.6 Å². The van der Waals surface area contributed by atoms with Crippen molar-refractivity contribution < 1.29 is 0 Å². The first-order chi connectivity index (χ1) is 13.4. The number of pyridine rings is 1. The molecule has 0 aromatic carbocycles. The van der Waals surface area contributed by atoms with E-state index in [9.17, 15) is 0 Å². The first-order valence-corrected chi connectivity index (χ1v) is 9.66. The number of nitrogens with two attached hydrogens (primary N) is 1. The Morgan fingerprint density at radius 1 is 1.11 bits per heavy atom. The summed E-state index contributed by atoms with van der Waals surface area (Å²) in [6.45, 7) is 6.38. The second-order valence-corrected chi connectivity index (χ2v) is 8.43. The fraction of sp³-hybridized carbons (Fsp3) is 0.190. The van der Waals surface area contributed by atoms with E-state index in [-0.39, 0.29) is 5.54 Å². The standard InChI is InChI=1S/C21H20N6S/c1-21(2,3)26-20-19(25-18-13-23-11-12-27(18)20)16-10-9-15(28-16)8-7-14-5-4-6-17(22)24-14/h4-6,9-13,26H,1-3H3,(H2,22,24). The van der Waals surface area contributed by atoms with Crippen molar-refractivity contribution in [2.45, 2.75) is 26.3 Å². The van der Waals surface area contributed by atoms with Crippen LogP contribution in [0, 0.1) is 11.8 Å². The molecule has 0 aliphatic heterocycles. The van der Waals surface area contributed by atoms with Gasteiger partial charge in [0.2, 0.25) is 0 Å². The van der Waals surface area contributed by atoms with Gasteiger partial charge in [-0.15, -0.1) is 11.3 Å². The smallest absolute Gasteiger partial charge is 0.157 e. The molecular weight excluding hydrogens is 368 g/mol. The highest BCUT2D eigenvalue weighted by atomic mass is 32.1. The molecule has 0 bridgehead atoms. The summed E-state index contributed by atoms with van der Waals surface area (Å²) < 4.78 is 2.02. The van der Waals surface area contributed by atoms with Crippen molar-refractivity contribution in [1.29, 1.82) is 0 Å². The van der Waals surface area contributed by atoms with Crippen LogP contribution in [-0.2, 0) is 0 Å². The van der Waals surface area contributed by atoms with E-state index in [1.807, 2.05) is 34.9 Å². The summed E-state index contributed by atoms with van der Waals surface area (Å²) in [5.41, 5.74) is 7.96. The molecule has 0 fully saturated rings. The number of nitrogens with zero attached hydrogens (tertiary/aromatic N) is 4. The number of anilines is 2. The average Bonchev–Trinajstić information content (AvgIpc) is 3.24. The quantitative estimate of drug-likeness (QED) is 0.507. The van der Waals surface area contributed by atoms with Crippen LogP contribution in [0.1, 0.15) is 31.3 Å². The van der Waals surface area contributed by atoms with Crippen LogP contribution in [0.5, 0.6) is 0 Å². The Morgan fingerprint density at radius 3 is 2.75 bits per heavy atom. The third kappa shape index (κ3) is 3.82. The van der Waals surface area contributed by atoms with Crippen LogP contribution in [0.3, 0.4) is 0 Å². The Labute approximate surface area is 167 Å². The molecule has 4 aromatic heterocycles. The summed E-state index contributed by atoms with van der Waals surface area (Å²) in [6.07, 6.45) is 5.44. The number of nitrogens with one attached hydrogen (secondary N) is 1. The molecule has 0 saturated carbocycles. The minimum Gasteiger partial charge on any atom is -0.384 e. The second-order valence-electron chi connectivity index (χ2n) is 7.35. The summed E-state index contributed by atoms with van der Waals surface area (Å²) in [7, 11) is 0. The molecule has 0 aliphatic carbocycles. The molecule has 6 nitrogen and oxygen atoms in total. The highest BCUT2D eigenvalue weighted by Crippen LogP contribution is 2.34. The van der Waals surface area contributed by atoms with Gasteiger partial charge in [0, 0.05) is 17.9 Å². The zero-order valence-electron chi connectivity index (χ0n) is 15.9. The van der Waals surface area contributed by atoms with Gasteiger partial charge >= 0.3 is 0 Å². The van der Waals surface area contributed by atoms with Crippen LogP contribution in [0.2, 0.25) is 0 Å². The number of fused-ring (bicyclic) bond motifs is 1. The monoisotopic (exact) mass is 388 g/mol. The van der Waals surface area contributed by atoms with Crippen molar-refractivity contribution in [2.75, 3.05) is 11.1 Å². The fourth-order valence-corrected chi connectivity index (χ4v) is 3.58. The molecule has 0 aliphatic rings. The number of hydrogen-bond acceptors (Lipinski definition) is 6. The van der Waals surface area contributed by atoms with Crippen molar-refractivity contribution >= 4 is 28.6 Å². The van der Waals surface area contributed by atoms with Crippen molar-refractivity contribution in [2.24, 2.45) is 0 Å². The van der Waals surface area contributed by atoms with E-state index in [1.54, 1.807) is 29.8 Å². The van der Waals surface area contributed by atoms with Gasteiger partial charge < -0.3 is 11.1 Å².